The Labute approximate surface area is 122 Å². The van der Waals surface area contributed by atoms with Crippen molar-refractivity contribution in [3.8, 4) is 0 Å². The molecule has 116 valence electrons. The van der Waals surface area contributed by atoms with Crippen LogP contribution >= 0.6 is 0 Å². The highest BCUT2D eigenvalue weighted by Crippen LogP contribution is 2.26. The molecule has 0 radical (unpaired) electrons. The van der Waals surface area contributed by atoms with Crippen molar-refractivity contribution < 1.29 is 9.90 Å². The van der Waals surface area contributed by atoms with Gasteiger partial charge in [0, 0.05) is 13.0 Å². The van der Waals surface area contributed by atoms with Gasteiger partial charge in [0.05, 0.1) is 5.60 Å². The van der Waals surface area contributed by atoms with E-state index in [-0.39, 0.29) is 5.91 Å². The summed E-state index contributed by atoms with van der Waals surface area (Å²) in [5, 5.41) is 16.8. The Morgan fingerprint density at radius 3 is 2.60 bits per heavy atom. The van der Waals surface area contributed by atoms with E-state index in [0.717, 1.165) is 45.2 Å². The topological polar surface area (TPSA) is 61.4 Å². The first-order valence-electron chi connectivity index (χ1n) is 8.38. The third-order valence-electron chi connectivity index (χ3n) is 4.83. The average molecular weight is 282 g/mol. The first-order valence-corrected chi connectivity index (χ1v) is 8.38. The molecule has 1 atom stereocenters. The van der Waals surface area contributed by atoms with Crippen LogP contribution < -0.4 is 10.6 Å². The molecule has 0 aromatic heterocycles. The fourth-order valence-electron chi connectivity index (χ4n) is 3.42. The van der Waals surface area contributed by atoms with Gasteiger partial charge in [0.15, 0.2) is 0 Å². The van der Waals surface area contributed by atoms with Crippen molar-refractivity contribution in [1.29, 1.82) is 0 Å². The molecule has 4 nitrogen and oxygen atoms in total. The molecule has 2 fully saturated rings. The van der Waals surface area contributed by atoms with Gasteiger partial charge in [-0.25, -0.2) is 0 Å². The summed E-state index contributed by atoms with van der Waals surface area (Å²) in [4.78, 5) is 11.9. The summed E-state index contributed by atoms with van der Waals surface area (Å²) < 4.78 is 0. The maximum absolute atomic E-state index is 11.9. The van der Waals surface area contributed by atoms with Crippen molar-refractivity contribution in [2.45, 2.75) is 69.8 Å². The summed E-state index contributed by atoms with van der Waals surface area (Å²) in [6, 6.07) is 0. The van der Waals surface area contributed by atoms with Crippen molar-refractivity contribution >= 4 is 5.91 Å². The van der Waals surface area contributed by atoms with Crippen molar-refractivity contribution in [3.05, 3.63) is 0 Å². The zero-order chi connectivity index (χ0) is 14.3. The highest BCUT2D eigenvalue weighted by Gasteiger charge is 2.28. The Bertz CT molecular complexity index is 293. The molecule has 1 heterocycles. The first-order chi connectivity index (χ1) is 9.68. The van der Waals surface area contributed by atoms with Crippen LogP contribution in [0.4, 0.5) is 0 Å². The summed E-state index contributed by atoms with van der Waals surface area (Å²) in [6.07, 6.45) is 10.3. The zero-order valence-electron chi connectivity index (χ0n) is 12.6. The Hall–Kier alpha value is -0.610. The van der Waals surface area contributed by atoms with Crippen molar-refractivity contribution in [1.82, 2.24) is 10.6 Å². The van der Waals surface area contributed by atoms with Gasteiger partial charge < -0.3 is 15.7 Å². The van der Waals surface area contributed by atoms with E-state index >= 15 is 0 Å². The molecule has 0 bridgehead atoms. The van der Waals surface area contributed by atoms with E-state index in [0.29, 0.717) is 18.9 Å². The van der Waals surface area contributed by atoms with Crippen LogP contribution in [0.2, 0.25) is 0 Å². The number of hydrogen-bond donors (Lipinski definition) is 3. The predicted molar refractivity (Wildman–Crippen MR) is 80.5 cm³/mol. The van der Waals surface area contributed by atoms with Gasteiger partial charge in [-0.2, -0.15) is 0 Å². The number of rotatable bonds is 5. The van der Waals surface area contributed by atoms with Crippen molar-refractivity contribution in [2.24, 2.45) is 5.92 Å². The molecule has 3 N–H and O–H groups in total. The van der Waals surface area contributed by atoms with Gasteiger partial charge in [-0.1, -0.05) is 25.7 Å². The average Bonchev–Trinajstić information content (AvgIpc) is 2.69. The van der Waals surface area contributed by atoms with Crippen LogP contribution in [0.1, 0.15) is 64.2 Å². The van der Waals surface area contributed by atoms with E-state index < -0.39 is 5.60 Å². The predicted octanol–water partition coefficient (Wildman–Crippen LogP) is 1.97. The molecule has 1 aliphatic heterocycles. The SMILES string of the molecule is O=C(CCC1CCCNC1)NCC1(O)CCCCCC1. The van der Waals surface area contributed by atoms with Gasteiger partial charge in [0.1, 0.15) is 0 Å². The van der Waals surface area contributed by atoms with E-state index in [4.69, 9.17) is 0 Å². The summed E-state index contributed by atoms with van der Waals surface area (Å²) in [5.41, 5.74) is -0.654. The van der Waals surface area contributed by atoms with E-state index in [2.05, 4.69) is 10.6 Å². The summed E-state index contributed by atoms with van der Waals surface area (Å²) in [5.74, 6) is 0.753. The van der Waals surface area contributed by atoms with Crippen LogP contribution in [0, 0.1) is 5.92 Å². The summed E-state index contributed by atoms with van der Waals surface area (Å²) in [7, 11) is 0. The van der Waals surface area contributed by atoms with Crippen molar-refractivity contribution in [3.63, 3.8) is 0 Å². The van der Waals surface area contributed by atoms with E-state index in [1.54, 1.807) is 0 Å². The number of aliphatic hydroxyl groups is 1. The maximum atomic E-state index is 11.9. The minimum absolute atomic E-state index is 0.105. The molecule has 1 unspecified atom stereocenters. The number of amides is 1. The minimum Gasteiger partial charge on any atom is -0.388 e. The lowest BCUT2D eigenvalue weighted by atomic mass is 9.93. The van der Waals surface area contributed by atoms with Gasteiger partial charge in [0.25, 0.3) is 0 Å². The molecule has 0 aromatic carbocycles. The molecule has 4 heteroatoms. The smallest absolute Gasteiger partial charge is 0.220 e. The Kier molecular flexibility index (Phi) is 6.30. The normalized spacial score (nSPS) is 26.8. The fraction of sp³-hybridized carbons (Fsp3) is 0.938. The lowest BCUT2D eigenvalue weighted by Gasteiger charge is -2.27. The first kappa shape index (κ1) is 15.8. The molecule has 1 amide bonds. The standard InChI is InChI=1S/C16H30N2O2/c19-15(8-7-14-6-5-11-17-12-14)18-13-16(20)9-3-1-2-4-10-16/h14,17,20H,1-13H2,(H,18,19). The summed E-state index contributed by atoms with van der Waals surface area (Å²) in [6.45, 7) is 2.61. The van der Waals surface area contributed by atoms with Gasteiger partial charge in [-0.15, -0.1) is 0 Å². The monoisotopic (exact) mass is 282 g/mol. The molecule has 2 rings (SSSR count). The van der Waals surface area contributed by atoms with Crippen LogP contribution in [0.25, 0.3) is 0 Å². The number of hydrogen-bond acceptors (Lipinski definition) is 3. The van der Waals surface area contributed by atoms with Gasteiger partial charge in [-0.05, 0) is 51.1 Å². The zero-order valence-corrected chi connectivity index (χ0v) is 12.6. The third kappa shape index (κ3) is 5.41. The third-order valence-corrected chi connectivity index (χ3v) is 4.83. The van der Waals surface area contributed by atoms with Crippen LogP contribution in [0.3, 0.4) is 0 Å². The number of carbonyl (C=O) groups is 1. The minimum atomic E-state index is -0.654. The molecule has 0 aromatic rings. The Balaban J connectivity index is 1.63. The lowest BCUT2D eigenvalue weighted by Crippen LogP contribution is -2.42. The van der Waals surface area contributed by atoms with E-state index in [1.165, 1.54) is 25.7 Å². The van der Waals surface area contributed by atoms with Gasteiger partial charge in [-0.3, -0.25) is 4.79 Å². The lowest BCUT2D eigenvalue weighted by molar-refractivity contribution is -0.122. The molecule has 1 saturated heterocycles. The second kappa shape index (κ2) is 7.99. The molecular formula is C16H30N2O2. The van der Waals surface area contributed by atoms with Crippen LogP contribution in [-0.2, 0) is 4.79 Å². The largest absolute Gasteiger partial charge is 0.388 e. The molecule has 2 aliphatic rings. The fourth-order valence-corrected chi connectivity index (χ4v) is 3.42. The van der Waals surface area contributed by atoms with Crippen molar-refractivity contribution in [2.75, 3.05) is 19.6 Å². The highest BCUT2D eigenvalue weighted by atomic mass is 16.3. The maximum Gasteiger partial charge on any atom is 0.220 e. The number of nitrogens with one attached hydrogen (secondary N) is 2. The van der Waals surface area contributed by atoms with Crippen LogP contribution in [0.15, 0.2) is 0 Å². The second-order valence-corrected chi connectivity index (χ2v) is 6.67. The molecule has 20 heavy (non-hydrogen) atoms. The molecule has 0 spiro atoms. The van der Waals surface area contributed by atoms with Crippen LogP contribution in [0.5, 0.6) is 0 Å². The van der Waals surface area contributed by atoms with Gasteiger partial charge in [0.2, 0.25) is 5.91 Å². The van der Waals surface area contributed by atoms with E-state index in [9.17, 15) is 9.90 Å². The molecule has 1 saturated carbocycles. The summed E-state index contributed by atoms with van der Waals surface area (Å²) >= 11 is 0. The Morgan fingerprint density at radius 2 is 1.95 bits per heavy atom. The quantitative estimate of drug-likeness (QED) is 0.676. The highest BCUT2D eigenvalue weighted by molar-refractivity contribution is 5.75. The van der Waals surface area contributed by atoms with E-state index in [1.807, 2.05) is 0 Å². The van der Waals surface area contributed by atoms with Crippen LogP contribution in [-0.4, -0.2) is 36.2 Å². The second-order valence-electron chi connectivity index (χ2n) is 6.67. The Morgan fingerprint density at radius 1 is 1.20 bits per heavy atom. The number of carbonyl (C=O) groups excluding carboxylic acids is 1. The molecular weight excluding hydrogens is 252 g/mol. The number of piperidine rings is 1. The van der Waals surface area contributed by atoms with Gasteiger partial charge >= 0.3 is 0 Å². The molecule has 1 aliphatic carbocycles.